The van der Waals surface area contributed by atoms with Crippen molar-refractivity contribution in [3.8, 4) is 5.75 Å². The SMILES string of the molecule is CCOc1ccc2c(c1)Nc1ccccc1C2=C1CCN(C)CC1. The lowest BCUT2D eigenvalue weighted by Crippen LogP contribution is -2.27. The van der Waals surface area contributed by atoms with Crippen molar-refractivity contribution in [1.82, 2.24) is 4.90 Å². The first-order chi connectivity index (χ1) is 11.8. The lowest BCUT2D eigenvalue weighted by Gasteiger charge is -2.31. The van der Waals surface area contributed by atoms with Crippen LogP contribution in [-0.4, -0.2) is 31.6 Å². The number of nitrogens with one attached hydrogen (secondary N) is 1. The predicted octanol–water partition coefficient (Wildman–Crippen LogP) is 4.67. The highest BCUT2D eigenvalue weighted by atomic mass is 16.5. The predicted molar refractivity (Wildman–Crippen MR) is 100 cm³/mol. The van der Waals surface area contributed by atoms with E-state index in [0.717, 1.165) is 37.4 Å². The van der Waals surface area contributed by atoms with Gasteiger partial charge in [0.1, 0.15) is 5.75 Å². The van der Waals surface area contributed by atoms with Crippen molar-refractivity contribution in [3.63, 3.8) is 0 Å². The van der Waals surface area contributed by atoms with Crippen LogP contribution in [0.2, 0.25) is 0 Å². The standard InChI is InChI=1S/C21H24N2O/c1-3-24-16-8-9-18-20(14-16)22-19-7-5-4-6-17(19)21(18)15-10-12-23(2)13-11-15/h4-9,14,22H,3,10-13H2,1-2H3. The third kappa shape index (κ3) is 2.69. The zero-order valence-electron chi connectivity index (χ0n) is 14.4. The van der Waals surface area contributed by atoms with Crippen LogP contribution in [0.15, 0.2) is 48.0 Å². The normalized spacial score (nSPS) is 17.1. The van der Waals surface area contributed by atoms with Crippen LogP contribution >= 0.6 is 0 Å². The Morgan fingerprint density at radius 3 is 2.54 bits per heavy atom. The summed E-state index contributed by atoms with van der Waals surface area (Å²) in [4.78, 5) is 2.41. The number of benzene rings is 2. The average Bonchev–Trinajstić information content (AvgIpc) is 2.61. The summed E-state index contributed by atoms with van der Waals surface area (Å²) >= 11 is 0. The minimum atomic E-state index is 0.690. The van der Waals surface area contributed by atoms with Crippen LogP contribution < -0.4 is 10.1 Å². The molecule has 0 spiro atoms. The Morgan fingerprint density at radius 1 is 1.00 bits per heavy atom. The van der Waals surface area contributed by atoms with Gasteiger partial charge in [0.05, 0.1) is 12.3 Å². The molecular weight excluding hydrogens is 296 g/mol. The van der Waals surface area contributed by atoms with E-state index in [4.69, 9.17) is 4.74 Å². The van der Waals surface area contributed by atoms with Crippen LogP contribution in [0.1, 0.15) is 30.9 Å². The molecule has 124 valence electrons. The summed E-state index contributed by atoms with van der Waals surface area (Å²) in [6.45, 7) is 4.99. The van der Waals surface area contributed by atoms with Crippen LogP contribution in [0.5, 0.6) is 5.75 Å². The number of anilines is 2. The molecule has 0 aromatic heterocycles. The van der Waals surface area contributed by atoms with Crippen LogP contribution in [0.25, 0.3) is 5.57 Å². The second-order valence-corrected chi connectivity index (χ2v) is 6.59. The molecule has 2 aromatic rings. The highest BCUT2D eigenvalue weighted by Crippen LogP contribution is 2.44. The van der Waals surface area contributed by atoms with Gasteiger partial charge in [-0.3, -0.25) is 0 Å². The highest BCUT2D eigenvalue weighted by molar-refractivity contribution is 5.98. The van der Waals surface area contributed by atoms with Crippen molar-refractivity contribution < 1.29 is 4.74 Å². The topological polar surface area (TPSA) is 24.5 Å². The molecule has 0 amide bonds. The Kier molecular flexibility index (Phi) is 4.03. The molecule has 0 radical (unpaired) electrons. The molecule has 1 fully saturated rings. The fourth-order valence-corrected chi connectivity index (χ4v) is 3.72. The average molecular weight is 320 g/mol. The Morgan fingerprint density at radius 2 is 1.75 bits per heavy atom. The van der Waals surface area contributed by atoms with Crippen molar-refractivity contribution in [2.75, 3.05) is 32.1 Å². The molecule has 2 aromatic carbocycles. The lowest BCUT2D eigenvalue weighted by atomic mass is 9.84. The fourth-order valence-electron chi connectivity index (χ4n) is 3.72. The molecule has 3 nitrogen and oxygen atoms in total. The van der Waals surface area contributed by atoms with Crippen molar-refractivity contribution in [1.29, 1.82) is 0 Å². The van der Waals surface area contributed by atoms with Crippen LogP contribution in [0.3, 0.4) is 0 Å². The zero-order valence-corrected chi connectivity index (χ0v) is 14.4. The van der Waals surface area contributed by atoms with E-state index < -0.39 is 0 Å². The number of nitrogens with zero attached hydrogens (tertiary/aromatic N) is 1. The molecule has 1 N–H and O–H groups in total. The smallest absolute Gasteiger partial charge is 0.121 e. The van der Waals surface area contributed by atoms with Gasteiger partial charge in [-0.15, -0.1) is 0 Å². The second kappa shape index (κ2) is 6.33. The maximum absolute atomic E-state index is 5.69. The summed E-state index contributed by atoms with van der Waals surface area (Å²) in [5.41, 5.74) is 7.98. The van der Waals surface area contributed by atoms with Gasteiger partial charge in [0.15, 0.2) is 0 Å². The number of likely N-dealkylation sites (tertiary alicyclic amines) is 1. The van der Waals surface area contributed by atoms with Gasteiger partial charge in [0.25, 0.3) is 0 Å². The monoisotopic (exact) mass is 320 g/mol. The van der Waals surface area contributed by atoms with Gasteiger partial charge in [0.2, 0.25) is 0 Å². The maximum atomic E-state index is 5.69. The number of para-hydroxylation sites is 1. The number of rotatable bonds is 2. The third-order valence-electron chi connectivity index (χ3n) is 4.98. The Labute approximate surface area is 143 Å². The molecule has 3 heteroatoms. The summed E-state index contributed by atoms with van der Waals surface area (Å²) in [5, 5.41) is 3.59. The minimum absolute atomic E-state index is 0.690. The summed E-state index contributed by atoms with van der Waals surface area (Å²) in [7, 11) is 2.21. The first kappa shape index (κ1) is 15.3. The molecule has 2 aliphatic rings. The molecule has 4 rings (SSSR count). The molecule has 2 aliphatic heterocycles. The van der Waals surface area contributed by atoms with E-state index in [1.165, 1.54) is 22.4 Å². The van der Waals surface area contributed by atoms with E-state index in [2.05, 4.69) is 59.7 Å². The summed E-state index contributed by atoms with van der Waals surface area (Å²) in [5.74, 6) is 0.927. The van der Waals surface area contributed by atoms with Gasteiger partial charge in [-0.05, 0) is 50.6 Å². The number of piperidine rings is 1. The molecule has 0 saturated carbocycles. The van der Waals surface area contributed by atoms with Gasteiger partial charge in [-0.2, -0.15) is 0 Å². The first-order valence-corrected chi connectivity index (χ1v) is 8.80. The van der Waals surface area contributed by atoms with E-state index >= 15 is 0 Å². The van der Waals surface area contributed by atoms with E-state index in [-0.39, 0.29) is 0 Å². The Balaban J connectivity index is 1.85. The maximum Gasteiger partial charge on any atom is 0.121 e. The molecule has 0 atom stereocenters. The summed E-state index contributed by atoms with van der Waals surface area (Å²) < 4.78 is 5.69. The Bertz CT molecular complexity index is 784. The molecule has 2 heterocycles. The summed E-state index contributed by atoms with van der Waals surface area (Å²) in [6, 6.07) is 15.1. The summed E-state index contributed by atoms with van der Waals surface area (Å²) in [6.07, 6.45) is 2.29. The van der Waals surface area contributed by atoms with Gasteiger partial charge >= 0.3 is 0 Å². The molecule has 0 unspecified atom stereocenters. The second-order valence-electron chi connectivity index (χ2n) is 6.59. The van der Waals surface area contributed by atoms with Crippen molar-refractivity contribution >= 4 is 16.9 Å². The number of hydrogen-bond donors (Lipinski definition) is 1. The molecular formula is C21H24N2O. The van der Waals surface area contributed by atoms with Crippen LogP contribution in [0, 0.1) is 0 Å². The number of hydrogen-bond acceptors (Lipinski definition) is 3. The minimum Gasteiger partial charge on any atom is -0.494 e. The highest BCUT2D eigenvalue weighted by Gasteiger charge is 2.24. The first-order valence-electron chi connectivity index (χ1n) is 8.80. The molecule has 0 aliphatic carbocycles. The van der Waals surface area contributed by atoms with Crippen molar-refractivity contribution in [3.05, 3.63) is 59.2 Å². The van der Waals surface area contributed by atoms with E-state index in [0.29, 0.717) is 6.61 Å². The zero-order chi connectivity index (χ0) is 16.5. The molecule has 0 bridgehead atoms. The quantitative estimate of drug-likeness (QED) is 0.742. The van der Waals surface area contributed by atoms with E-state index in [9.17, 15) is 0 Å². The van der Waals surface area contributed by atoms with Crippen molar-refractivity contribution in [2.24, 2.45) is 0 Å². The van der Waals surface area contributed by atoms with Gasteiger partial charge < -0.3 is 15.0 Å². The van der Waals surface area contributed by atoms with Crippen LogP contribution in [0.4, 0.5) is 11.4 Å². The largest absolute Gasteiger partial charge is 0.494 e. The Hall–Kier alpha value is -2.26. The lowest BCUT2D eigenvalue weighted by molar-refractivity contribution is 0.313. The van der Waals surface area contributed by atoms with E-state index in [1.807, 2.05) is 6.92 Å². The van der Waals surface area contributed by atoms with Gasteiger partial charge in [-0.25, -0.2) is 0 Å². The third-order valence-corrected chi connectivity index (χ3v) is 4.98. The van der Waals surface area contributed by atoms with Crippen molar-refractivity contribution in [2.45, 2.75) is 19.8 Å². The number of fused-ring (bicyclic) bond motifs is 2. The van der Waals surface area contributed by atoms with Crippen LogP contribution in [-0.2, 0) is 0 Å². The molecule has 1 saturated heterocycles. The van der Waals surface area contributed by atoms with Gasteiger partial charge in [-0.1, -0.05) is 23.8 Å². The fraction of sp³-hybridized carbons (Fsp3) is 0.333. The van der Waals surface area contributed by atoms with Gasteiger partial charge in [0, 0.05) is 36.0 Å². The molecule has 24 heavy (non-hydrogen) atoms. The number of ether oxygens (including phenoxy) is 1. The van der Waals surface area contributed by atoms with E-state index in [1.54, 1.807) is 5.57 Å².